The summed E-state index contributed by atoms with van der Waals surface area (Å²) in [5.74, 6) is 1.18. The number of aliphatic carboxylic acids is 1. The number of nitrogens with zero attached hydrogens (tertiary/aromatic N) is 1. The lowest BCUT2D eigenvalue weighted by molar-refractivity contribution is -0.143. The Bertz CT molecular complexity index is 830. The molecule has 0 amide bonds. The molecule has 1 fully saturated rings. The number of carbonyl (C=O) groups is 1. The van der Waals surface area contributed by atoms with E-state index in [0.29, 0.717) is 44.0 Å². The van der Waals surface area contributed by atoms with Gasteiger partial charge in [-0.2, -0.15) is 0 Å². The maximum Gasteiger partial charge on any atom is 0.306 e. The molecule has 29 heavy (non-hydrogen) atoms. The molecule has 0 aliphatic carbocycles. The summed E-state index contributed by atoms with van der Waals surface area (Å²) in [6.45, 7) is 3.90. The molecule has 1 aliphatic rings. The van der Waals surface area contributed by atoms with Crippen molar-refractivity contribution in [1.82, 2.24) is 4.90 Å². The van der Waals surface area contributed by atoms with E-state index in [2.05, 4.69) is 11.0 Å². The highest BCUT2D eigenvalue weighted by atomic mass is 16.5. The molecular formula is C23H29NO5. The molecule has 1 heterocycles. The zero-order valence-electron chi connectivity index (χ0n) is 17.3. The number of methoxy groups -OCH3 is 2. The van der Waals surface area contributed by atoms with Crippen molar-refractivity contribution in [2.45, 2.75) is 25.8 Å². The highest BCUT2D eigenvalue weighted by Gasteiger charge is 2.33. The lowest BCUT2D eigenvalue weighted by Crippen LogP contribution is -2.39. The fourth-order valence-corrected chi connectivity index (χ4v) is 4.09. The number of piperidine rings is 1. The Morgan fingerprint density at radius 1 is 1.03 bits per heavy atom. The van der Waals surface area contributed by atoms with Crippen LogP contribution in [0.2, 0.25) is 0 Å². The zero-order valence-corrected chi connectivity index (χ0v) is 17.3. The van der Waals surface area contributed by atoms with Crippen LogP contribution < -0.4 is 14.2 Å². The Labute approximate surface area is 172 Å². The molecule has 1 atom stereocenters. The second kappa shape index (κ2) is 9.65. The molecule has 0 spiro atoms. The van der Waals surface area contributed by atoms with Crippen molar-refractivity contribution >= 4 is 5.97 Å². The topological polar surface area (TPSA) is 68.2 Å². The fourth-order valence-electron chi connectivity index (χ4n) is 4.09. The van der Waals surface area contributed by atoms with Gasteiger partial charge >= 0.3 is 5.97 Å². The number of rotatable bonds is 8. The third kappa shape index (κ3) is 4.48. The lowest BCUT2D eigenvalue weighted by Gasteiger charge is -2.38. The smallest absolute Gasteiger partial charge is 0.306 e. The van der Waals surface area contributed by atoms with Crippen molar-refractivity contribution in [3.05, 3.63) is 53.6 Å². The molecule has 0 radical (unpaired) electrons. The average molecular weight is 399 g/mol. The summed E-state index contributed by atoms with van der Waals surface area (Å²) >= 11 is 0. The highest BCUT2D eigenvalue weighted by Crippen LogP contribution is 2.43. The van der Waals surface area contributed by atoms with Gasteiger partial charge in [0.25, 0.3) is 0 Å². The molecule has 0 saturated carbocycles. The number of hydrogen-bond acceptors (Lipinski definition) is 5. The van der Waals surface area contributed by atoms with E-state index in [9.17, 15) is 9.90 Å². The molecular weight excluding hydrogens is 370 g/mol. The molecule has 2 aromatic rings. The van der Waals surface area contributed by atoms with Gasteiger partial charge in [0.2, 0.25) is 0 Å². The van der Waals surface area contributed by atoms with Crippen LogP contribution >= 0.6 is 0 Å². The van der Waals surface area contributed by atoms with Crippen LogP contribution in [0.4, 0.5) is 0 Å². The van der Waals surface area contributed by atoms with Crippen molar-refractivity contribution in [3.8, 4) is 17.2 Å². The van der Waals surface area contributed by atoms with Gasteiger partial charge in [-0.05, 0) is 45.0 Å². The Morgan fingerprint density at radius 3 is 2.31 bits per heavy atom. The maximum atomic E-state index is 11.4. The minimum atomic E-state index is -0.713. The second-order valence-electron chi connectivity index (χ2n) is 7.10. The largest absolute Gasteiger partial charge is 0.494 e. The molecule has 6 nitrogen and oxygen atoms in total. The first-order chi connectivity index (χ1) is 14.1. The molecule has 1 aliphatic heterocycles. The van der Waals surface area contributed by atoms with Crippen molar-refractivity contribution in [2.75, 3.05) is 33.9 Å². The molecule has 1 unspecified atom stereocenters. The van der Waals surface area contributed by atoms with Crippen LogP contribution in [0.5, 0.6) is 17.2 Å². The number of likely N-dealkylation sites (tertiary alicyclic amines) is 1. The van der Waals surface area contributed by atoms with E-state index in [1.165, 1.54) is 0 Å². The van der Waals surface area contributed by atoms with Crippen molar-refractivity contribution in [3.63, 3.8) is 0 Å². The van der Waals surface area contributed by atoms with Gasteiger partial charge in [-0.25, -0.2) is 0 Å². The summed E-state index contributed by atoms with van der Waals surface area (Å²) < 4.78 is 17.2. The van der Waals surface area contributed by atoms with E-state index in [0.717, 1.165) is 16.9 Å². The Kier molecular flexibility index (Phi) is 6.99. The number of benzene rings is 2. The monoisotopic (exact) mass is 399 g/mol. The number of carboxylic acid groups (broad SMARTS) is 1. The van der Waals surface area contributed by atoms with Crippen LogP contribution in [0, 0.1) is 5.92 Å². The molecule has 1 N–H and O–H groups in total. The standard InChI is InChI=1S/C23H29NO5/c1-4-29-19-10-6-5-8-17(19)21(24-14-12-16(13-15-24)23(25)26)18-9-7-11-20(27-2)22(18)28-3/h5-11,16,21H,4,12-15H2,1-3H3,(H,25,26). The van der Waals surface area contributed by atoms with Gasteiger partial charge in [-0.15, -0.1) is 0 Å². The molecule has 3 rings (SSSR count). The Hall–Kier alpha value is -2.73. The van der Waals surface area contributed by atoms with Crippen molar-refractivity contribution in [2.24, 2.45) is 5.92 Å². The third-order valence-corrected chi connectivity index (χ3v) is 5.49. The first kappa shape index (κ1) is 21.0. The van der Waals surface area contributed by atoms with Crippen LogP contribution in [0.1, 0.15) is 36.9 Å². The fraction of sp³-hybridized carbons (Fsp3) is 0.435. The maximum absolute atomic E-state index is 11.4. The van der Waals surface area contributed by atoms with E-state index < -0.39 is 5.97 Å². The zero-order chi connectivity index (χ0) is 20.8. The lowest BCUT2D eigenvalue weighted by atomic mass is 9.90. The summed E-state index contributed by atoms with van der Waals surface area (Å²) in [7, 11) is 3.27. The third-order valence-electron chi connectivity index (χ3n) is 5.49. The average Bonchev–Trinajstić information content (AvgIpc) is 2.75. The van der Waals surface area contributed by atoms with Gasteiger partial charge in [0, 0.05) is 11.1 Å². The second-order valence-corrected chi connectivity index (χ2v) is 7.10. The summed E-state index contributed by atoms with van der Waals surface area (Å²) in [6, 6.07) is 13.8. The number of carboxylic acids is 1. The van der Waals surface area contributed by atoms with E-state index >= 15 is 0 Å². The molecule has 1 saturated heterocycles. The molecule has 6 heteroatoms. The first-order valence-corrected chi connectivity index (χ1v) is 10.00. The molecule has 0 aromatic heterocycles. The van der Waals surface area contributed by atoms with E-state index in [-0.39, 0.29) is 12.0 Å². The van der Waals surface area contributed by atoms with Gasteiger partial charge in [-0.1, -0.05) is 30.3 Å². The van der Waals surface area contributed by atoms with Gasteiger partial charge < -0.3 is 19.3 Å². The molecule has 156 valence electrons. The molecule has 2 aromatic carbocycles. The van der Waals surface area contributed by atoms with Gasteiger partial charge in [0.15, 0.2) is 11.5 Å². The minimum absolute atomic E-state index is 0.127. The van der Waals surface area contributed by atoms with Crippen LogP contribution in [0.25, 0.3) is 0 Å². The van der Waals surface area contributed by atoms with Crippen LogP contribution in [0.3, 0.4) is 0 Å². The summed E-state index contributed by atoms with van der Waals surface area (Å²) in [6.07, 6.45) is 1.24. The first-order valence-electron chi connectivity index (χ1n) is 10.00. The Balaban J connectivity index is 2.08. The van der Waals surface area contributed by atoms with E-state index in [1.54, 1.807) is 14.2 Å². The van der Waals surface area contributed by atoms with E-state index in [4.69, 9.17) is 14.2 Å². The highest BCUT2D eigenvalue weighted by molar-refractivity contribution is 5.70. The predicted octanol–water partition coefficient (Wildman–Crippen LogP) is 3.99. The molecule has 0 bridgehead atoms. The predicted molar refractivity (Wildman–Crippen MR) is 111 cm³/mol. The van der Waals surface area contributed by atoms with Crippen molar-refractivity contribution in [1.29, 1.82) is 0 Å². The Morgan fingerprint density at radius 2 is 1.69 bits per heavy atom. The summed E-state index contributed by atoms with van der Waals surface area (Å²) in [4.78, 5) is 13.7. The number of ether oxygens (including phenoxy) is 3. The van der Waals surface area contributed by atoms with Gasteiger partial charge in [-0.3, -0.25) is 9.69 Å². The van der Waals surface area contributed by atoms with Crippen LogP contribution in [-0.4, -0.2) is 49.9 Å². The quantitative estimate of drug-likeness (QED) is 0.724. The summed E-state index contributed by atoms with van der Waals surface area (Å²) in [5.41, 5.74) is 2.02. The minimum Gasteiger partial charge on any atom is -0.494 e. The van der Waals surface area contributed by atoms with Gasteiger partial charge in [0.1, 0.15) is 5.75 Å². The number of para-hydroxylation sites is 2. The summed E-state index contributed by atoms with van der Waals surface area (Å²) in [5, 5.41) is 9.39. The van der Waals surface area contributed by atoms with Crippen LogP contribution in [-0.2, 0) is 4.79 Å². The number of hydrogen-bond donors (Lipinski definition) is 1. The van der Waals surface area contributed by atoms with Crippen molar-refractivity contribution < 1.29 is 24.1 Å². The van der Waals surface area contributed by atoms with Gasteiger partial charge in [0.05, 0.1) is 32.8 Å². The SMILES string of the molecule is CCOc1ccccc1C(c1cccc(OC)c1OC)N1CCC(C(=O)O)CC1. The normalized spacial score (nSPS) is 16.2. The van der Waals surface area contributed by atoms with Crippen LogP contribution in [0.15, 0.2) is 42.5 Å². The van der Waals surface area contributed by atoms with E-state index in [1.807, 2.05) is 43.3 Å².